The lowest BCUT2D eigenvalue weighted by Crippen LogP contribution is -2.43. The van der Waals surface area contributed by atoms with E-state index < -0.39 is 18.1 Å². The van der Waals surface area contributed by atoms with Gasteiger partial charge >= 0.3 is 12.1 Å². The van der Waals surface area contributed by atoms with Crippen LogP contribution in [0.5, 0.6) is 11.5 Å². The van der Waals surface area contributed by atoms with Gasteiger partial charge in [0.15, 0.2) is 0 Å². The van der Waals surface area contributed by atoms with E-state index in [1.165, 1.54) is 0 Å². The van der Waals surface area contributed by atoms with E-state index >= 15 is 0 Å². The van der Waals surface area contributed by atoms with Gasteiger partial charge in [-0.25, -0.2) is 4.79 Å². The number of aliphatic carboxylic acids is 1. The normalized spacial score (nSPS) is 12.1. The molecule has 0 aliphatic carbocycles. The second-order valence-electron chi connectivity index (χ2n) is 6.57. The molecular formula is C21H24N2O5. The molecule has 0 aromatic heterocycles. The second-order valence-corrected chi connectivity index (χ2v) is 6.57. The number of nitrogens with two attached hydrogens (primary N) is 1. The average molecular weight is 384 g/mol. The molecule has 5 N–H and O–H groups in total. The molecule has 2 aromatic rings. The van der Waals surface area contributed by atoms with Crippen molar-refractivity contribution < 1.29 is 24.5 Å². The Hall–Kier alpha value is -3.32. The third-order valence-corrected chi connectivity index (χ3v) is 3.97. The minimum atomic E-state index is -1.23. The van der Waals surface area contributed by atoms with Crippen LogP contribution in [0.3, 0.4) is 0 Å². The first kappa shape index (κ1) is 21.0. The van der Waals surface area contributed by atoms with Crippen LogP contribution in [-0.4, -0.2) is 34.9 Å². The van der Waals surface area contributed by atoms with Gasteiger partial charge in [-0.2, -0.15) is 0 Å². The predicted molar refractivity (Wildman–Crippen MR) is 107 cm³/mol. The van der Waals surface area contributed by atoms with Gasteiger partial charge in [0.1, 0.15) is 17.5 Å². The molecule has 0 spiro atoms. The fourth-order valence-electron chi connectivity index (χ4n) is 2.57. The zero-order valence-electron chi connectivity index (χ0n) is 15.8. The molecule has 0 aliphatic rings. The van der Waals surface area contributed by atoms with Gasteiger partial charge in [-0.3, -0.25) is 4.79 Å². The number of phenolic OH excluding ortho intramolecular Hbond substituents is 1. The molecule has 0 bridgehead atoms. The van der Waals surface area contributed by atoms with Gasteiger partial charge in [-0.05, 0) is 29.2 Å². The van der Waals surface area contributed by atoms with E-state index in [0.717, 1.165) is 5.56 Å². The van der Waals surface area contributed by atoms with E-state index in [9.17, 15) is 14.7 Å². The lowest BCUT2D eigenvalue weighted by atomic mass is 9.98. The summed E-state index contributed by atoms with van der Waals surface area (Å²) in [6.45, 7) is 3.45. The molecule has 0 heterocycles. The Morgan fingerprint density at radius 1 is 1.14 bits per heavy atom. The van der Waals surface area contributed by atoms with Crippen molar-refractivity contribution in [1.29, 1.82) is 0 Å². The molecule has 1 amide bonds. The molecule has 148 valence electrons. The minimum Gasteiger partial charge on any atom is -0.507 e. The van der Waals surface area contributed by atoms with Crippen molar-refractivity contribution in [2.24, 2.45) is 5.73 Å². The summed E-state index contributed by atoms with van der Waals surface area (Å²) in [5, 5.41) is 21.5. The van der Waals surface area contributed by atoms with Crippen molar-refractivity contribution in [2.45, 2.75) is 25.8 Å². The number of amides is 1. The molecule has 0 saturated heterocycles. The maximum Gasteiger partial charge on any atom is 0.412 e. The second kappa shape index (κ2) is 9.57. The van der Waals surface area contributed by atoms with Crippen LogP contribution in [0, 0.1) is 0 Å². The van der Waals surface area contributed by atoms with Gasteiger partial charge in [0.05, 0.1) is 0 Å². The number of phenols is 1. The van der Waals surface area contributed by atoms with Crippen molar-refractivity contribution >= 4 is 24.2 Å². The van der Waals surface area contributed by atoms with E-state index in [1.54, 1.807) is 18.2 Å². The minimum absolute atomic E-state index is 0.00949. The summed E-state index contributed by atoms with van der Waals surface area (Å²) >= 11 is 0. The van der Waals surface area contributed by atoms with Gasteiger partial charge in [0.2, 0.25) is 0 Å². The quantitative estimate of drug-likeness (QED) is 0.544. The summed E-state index contributed by atoms with van der Waals surface area (Å²) in [6, 6.07) is 11.6. The Labute approximate surface area is 163 Å². The van der Waals surface area contributed by atoms with E-state index in [1.807, 2.05) is 50.3 Å². The third kappa shape index (κ3) is 5.85. The van der Waals surface area contributed by atoms with E-state index in [0.29, 0.717) is 11.1 Å². The summed E-state index contributed by atoms with van der Waals surface area (Å²) in [5.41, 5.74) is 7.47. The lowest BCUT2D eigenvalue weighted by molar-refractivity contribution is -0.138. The van der Waals surface area contributed by atoms with Crippen LogP contribution in [0.2, 0.25) is 0 Å². The maximum absolute atomic E-state index is 12.0. The molecule has 0 radical (unpaired) electrons. The molecule has 0 aliphatic heterocycles. The Bertz CT molecular complexity index is 863. The summed E-state index contributed by atoms with van der Waals surface area (Å²) in [5.74, 6) is -1.12. The molecule has 2 rings (SSSR count). The van der Waals surface area contributed by atoms with Crippen LogP contribution in [0.4, 0.5) is 4.79 Å². The van der Waals surface area contributed by atoms with Crippen molar-refractivity contribution in [3.8, 4) is 11.5 Å². The summed E-state index contributed by atoms with van der Waals surface area (Å²) in [4.78, 5) is 22.8. The Morgan fingerprint density at radius 2 is 1.79 bits per heavy atom. The number of carbonyl (C=O) groups is 2. The van der Waals surface area contributed by atoms with Crippen molar-refractivity contribution in [1.82, 2.24) is 5.32 Å². The predicted octanol–water partition coefficient (Wildman–Crippen LogP) is 3.19. The SMILES string of the molecule is CC(C)c1c(O)cc(/C=C/c2ccccc2)cc1OC(=O)NCC(N)C(=O)O. The van der Waals surface area contributed by atoms with Crippen LogP contribution in [-0.2, 0) is 4.79 Å². The molecule has 1 atom stereocenters. The number of ether oxygens (including phenoxy) is 1. The topological polar surface area (TPSA) is 122 Å². The highest BCUT2D eigenvalue weighted by atomic mass is 16.6. The highest BCUT2D eigenvalue weighted by Gasteiger charge is 2.18. The highest BCUT2D eigenvalue weighted by molar-refractivity contribution is 5.77. The number of aromatic hydroxyl groups is 1. The monoisotopic (exact) mass is 384 g/mol. The van der Waals surface area contributed by atoms with Gasteiger partial charge in [-0.15, -0.1) is 0 Å². The van der Waals surface area contributed by atoms with Gasteiger partial charge in [-0.1, -0.05) is 56.3 Å². The number of carboxylic acids is 1. The van der Waals surface area contributed by atoms with Crippen LogP contribution < -0.4 is 15.8 Å². The van der Waals surface area contributed by atoms with Crippen LogP contribution in [0.1, 0.15) is 36.5 Å². The average Bonchev–Trinajstić information content (AvgIpc) is 2.64. The first-order valence-corrected chi connectivity index (χ1v) is 8.82. The zero-order valence-corrected chi connectivity index (χ0v) is 15.8. The molecule has 2 aromatic carbocycles. The van der Waals surface area contributed by atoms with Crippen molar-refractivity contribution in [2.75, 3.05) is 6.54 Å². The summed E-state index contributed by atoms with van der Waals surface area (Å²) < 4.78 is 5.32. The Balaban J connectivity index is 2.23. The first-order chi connectivity index (χ1) is 13.3. The van der Waals surface area contributed by atoms with E-state index in [2.05, 4.69) is 5.32 Å². The number of hydrogen-bond donors (Lipinski definition) is 4. The van der Waals surface area contributed by atoms with Crippen LogP contribution >= 0.6 is 0 Å². The Morgan fingerprint density at radius 3 is 2.39 bits per heavy atom. The number of benzene rings is 2. The number of nitrogens with one attached hydrogen (secondary N) is 1. The number of carbonyl (C=O) groups excluding carboxylic acids is 1. The van der Waals surface area contributed by atoms with Crippen molar-refractivity contribution in [3.05, 3.63) is 59.2 Å². The number of hydrogen-bond acceptors (Lipinski definition) is 5. The van der Waals surface area contributed by atoms with Gasteiger partial charge in [0.25, 0.3) is 0 Å². The van der Waals surface area contributed by atoms with Crippen LogP contribution in [0.15, 0.2) is 42.5 Å². The molecule has 7 nitrogen and oxygen atoms in total. The zero-order chi connectivity index (χ0) is 20.7. The molecule has 1 unspecified atom stereocenters. The fourth-order valence-corrected chi connectivity index (χ4v) is 2.57. The van der Waals surface area contributed by atoms with E-state index in [4.69, 9.17) is 15.6 Å². The molecule has 0 saturated carbocycles. The van der Waals surface area contributed by atoms with Gasteiger partial charge in [0, 0.05) is 12.1 Å². The third-order valence-electron chi connectivity index (χ3n) is 3.97. The fraction of sp³-hybridized carbons (Fsp3) is 0.238. The van der Waals surface area contributed by atoms with Crippen molar-refractivity contribution in [3.63, 3.8) is 0 Å². The summed E-state index contributed by atoms with van der Waals surface area (Å²) in [6.07, 6.45) is 2.83. The molecule has 28 heavy (non-hydrogen) atoms. The first-order valence-electron chi connectivity index (χ1n) is 8.82. The van der Waals surface area contributed by atoms with Crippen LogP contribution in [0.25, 0.3) is 12.2 Å². The number of rotatable bonds is 7. The molecular weight excluding hydrogens is 360 g/mol. The highest BCUT2D eigenvalue weighted by Crippen LogP contribution is 2.36. The maximum atomic E-state index is 12.0. The molecule has 0 fully saturated rings. The smallest absolute Gasteiger partial charge is 0.412 e. The standard InChI is InChI=1S/C21H24N2O5/c1-13(2)19-17(24)10-15(9-8-14-6-4-3-5-7-14)11-18(19)28-21(27)23-12-16(22)20(25)26/h3-11,13,16,24H,12,22H2,1-2H3,(H,23,27)(H,25,26)/b9-8+. The van der Waals surface area contributed by atoms with Gasteiger partial charge < -0.3 is 26.0 Å². The lowest BCUT2D eigenvalue weighted by Gasteiger charge is -2.16. The molecule has 7 heteroatoms. The number of carboxylic acid groups (broad SMARTS) is 1. The van der Waals surface area contributed by atoms with E-state index in [-0.39, 0.29) is 24.0 Å². The summed E-state index contributed by atoms with van der Waals surface area (Å²) in [7, 11) is 0. The Kier molecular flexibility index (Phi) is 7.17. The largest absolute Gasteiger partial charge is 0.507 e.